The lowest BCUT2D eigenvalue weighted by molar-refractivity contribution is -0.138. The monoisotopic (exact) mass is 245 g/mol. The second-order valence-electron chi connectivity index (χ2n) is 4.26. The zero-order valence-electron chi connectivity index (χ0n) is 10.1. The summed E-state index contributed by atoms with van der Waals surface area (Å²) < 4.78 is 0. The summed E-state index contributed by atoms with van der Waals surface area (Å²) in [5.74, 6) is -0.440. The van der Waals surface area contributed by atoms with Crippen LogP contribution in [0.2, 0.25) is 0 Å². The number of hydrogen-bond acceptors (Lipinski definition) is 3. The van der Waals surface area contributed by atoms with E-state index in [1.54, 1.807) is 6.20 Å². The zero-order valence-corrected chi connectivity index (χ0v) is 10.1. The maximum absolute atomic E-state index is 10.7. The number of aliphatic carboxylic acids is 1. The highest BCUT2D eigenvalue weighted by Gasteiger charge is 2.14. The van der Waals surface area contributed by atoms with Gasteiger partial charge in [-0.2, -0.15) is 0 Å². The van der Waals surface area contributed by atoms with Gasteiger partial charge in [0.25, 0.3) is 0 Å². The fraction of sp³-hybridized carbons (Fsp3) is 0.231. The Morgan fingerprint density at radius 1 is 1.56 bits per heavy atom. The summed E-state index contributed by atoms with van der Waals surface area (Å²) >= 11 is 0. The van der Waals surface area contributed by atoms with Crippen LogP contribution in [0.25, 0.3) is 11.3 Å². The van der Waals surface area contributed by atoms with Gasteiger partial charge < -0.3 is 15.8 Å². The number of imidazole rings is 1. The Labute approximate surface area is 105 Å². The average Bonchev–Trinajstić information content (AvgIpc) is 2.77. The summed E-state index contributed by atoms with van der Waals surface area (Å²) in [5, 5.41) is 8.74. The van der Waals surface area contributed by atoms with Crippen molar-refractivity contribution >= 4 is 5.97 Å². The van der Waals surface area contributed by atoms with Crippen molar-refractivity contribution < 1.29 is 9.90 Å². The minimum Gasteiger partial charge on any atom is -0.480 e. The summed E-state index contributed by atoms with van der Waals surface area (Å²) in [7, 11) is 0. The first kappa shape index (κ1) is 12.3. The molecule has 5 nitrogen and oxygen atoms in total. The van der Waals surface area contributed by atoms with E-state index in [0.29, 0.717) is 5.82 Å². The van der Waals surface area contributed by atoms with Crippen LogP contribution in [-0.2, 0) is 11.2 Å². The third-order valence-corrected chi connectivity index (χ3v) is 2.69. The first-order valence-corrected chi connectivity index (χ1v) is 5.65. The number of aryl methyl sites for hydroxylation is 1. The van der Waals surface area contributed by atoms with Crippen molar-refractivity contribution in [3.8, 4) is 11.3 Å². The van der Waals surface area contributed by atoms with Gasteiger partial charge in [-0.25, -0.2) is 4.98 Å². The molecule has 4 N–H and O–H groups in total. The van der Waals surface area contributed by atoms with Crippen molar-refractivity contribution in [1.82, 2.24) is 9.97 Å². The smallest absolute Gasteiger partial charge is 0.320 e. The molecule has 0 radical (unpaired) electrons. The van der Waals surface area contributed by atoms with Crippen LogP contribution < -0.4 is 5.73 Å². The summed E-state index contributed by atoms with van der Waals surface area (Å²) in [6, 6.07) is 7.06. The van der Waals surface area contributed by atoms with Crippen LogP contribution in [0, 0.1) is 6.92 Å². The number of nitrogens with zero attached hydrogens (tertiary/aromatic N) is 1. The van der Waals surface area contributed by atoms with Crippen molar-refractivity contribution in [3.05, 3.63) is 41.9 Å². The van der Waals surface area contributed by atoms with Crippen LogP contribution in [0.5, 0.6) is 0 Å². The molecular weight excluding hydrogens is 230 g/mol. The molecule has 1 heterocycles. The average molecular weight is 245 g/mol. The van der Waals surface area contributed by atoms with E-state index in [4.69, 9.17) is 10.8 Å². The summed E-state index contributed by atoms with van der Waals surface area (Å²) in [6.07, 6.45) is 1.89. The quantitative estimate of drug-likeness (QED) is 0.758. The number of H-pyrrole nitrogens is 1. The maximum Gasteiger partial charge on any atom is 0.320 e. The van der Waals surface area contributed by atoms with Crippen molar-refractivity contribution in [2.45, 2.75) is 19.4 Å². The Balaban J connectivity index is 2.18. The predicted octanol–water partition coefficient (Wildman–Crippen LogP) is 1.34. The van der Waals surface area contributed by atoms with E-state index >= 15 is 0 Å². The summed E-state index contributed by atoms with van der Waals surface area (Å²) in [5.41, 5.74) is 8.51. The fourth-order valence-electron chi connectivity index (χ4n) is 1.72. The molecule has 0 fully saturated rings. The van der Waals surface area contributed by atoms with Crippen LogP contribution in [0.1, 0.15) is 11.4 Å². The van der Waals surface area contributed by atoms with E-state index in [0.717, 1.165) is 16.8 Å². The molecule has 1 aromatic heterocycles. The number of carboxylic acid groups (broad SMARTS) is 1. The summed E-state index contributed by atoms with van der Waals surface area (Å²) in [4.78, 5) is 17.9. The molecule has 0 amide bonds. The number of carboxylic acids is 1. The van der Waals surface area contributed by atoms with Gasteiger partial charge in [0.05, 0.1) is 11.9 Å². The van der Waals surface area contributed by atoms with E-state index in [1.165, 1.54) is 0 Å². The number of carbonyl (C=O) groups is 1. The van der Waals surface area contributed by atoms with Crippen LogP contribution >= 0.6 is 0 Å². The molecule has 0 spiro atoms. The molecule has 2 aromatic rings. The van der Waals surface area contributed by atoms with Gasteiger partial charge in [0, 0.05) is 6.42 Å². The molecule has 0 aliphatic rings. The number of benzene rings is 1. The van der Waals surface area contributed by atoms with Crippen LogP contribution in [0.4, 0.5) is 0 Å². The number of hydrogen-bond donors (Lipinski definition) is 3. The topological polar surface area (TPSA) is 92.0 Å². The first-order valence-electron chi connectivity index (χ1n) is 5.65. The maximum atomic E-state index is 10.7. The molecule has 18 heavy (non-hydrogen) atoms. The summed E-state index contributed by atoms with van der Waals surface area (Å²) in [6.45, 7) is 2.02. The molecule has 0 aliphatic carbocycles. The number of nitrogens with one attached hydrogen (secondary N) is 1. The molecule has 94 valence electrons. The molecule has 0 saturated carbocycles. The third-order valence-electron chi connectivity index (χ3n) is 2.69. The number of rotatable bonds is 4. The van der Waals surface area contributed by atoms with Crippen molar-refractivity contribution in [1.29, 1.82) is 0 Å². The van der Waals surface area contributed by atoms with E-state index in [1.807, 2.05) is 31.2 Å². The SMILES string of the molecule is Cc1cccc(-c2cnc(CC(N)C(=O)O)[nH]2)c1. The van der Waals surface area contributed by atoms with Crippen molar-refractivity contribution in [2.24, 2.45) is 5.73 Å². The van der Waals surface area contributed by atoms with Gasteiger partial charge in [0.1, 0.15) is 11.9 Å². The molecule has 5 heteroatoms. The van der Waals surface area contributed by atoms with E-state index < -0.39 is 12.0 Å². The number of aromatic nitrogens is 2. The van der Waals surface area contributed by atoms with Crippen molar-refractivity contribution in [3.63, 3.8) is 0 Å². The highest BCUT2D eigenvalue weighted by molar-refractivity contribution is 5.73. The molecule has 0 bridgehead atoms. The van der Waals surface area contributed by atoms with Gasteiger partial charge in [0.2, 0.25) is 0 Å². The molecular formula is C13H15N3O2. The highest BCUT2D eigenvalue weighted by Crippen LogP contribution is 2.18. The largest absolute Gasteiger partial charge is 0.480 e. The normalized spacial score (nSPS) is 12.3. The van der Waals surface area contributed by atoms with Crippen molar-refractivity contribution in [2.75, 3.05) is 0 Å². The molecule has 1 unspecified atom stereocenters. The van der Waals surface area contributed by atoms with Gasteiger partial charge in [-0.3, -0.25) is 4.79 Å². The van der Waals surface area contributed by atoms with Gasteiger partial charge in [0.15, 0.2) is 0 Å². The lowest BCUT2D eigenvalue weighted by atomic mass is 10.1. The standard InChI is InChI=1S/C13H15N3O2/c1-8-3-2-4-9(5-8)11-7-15-12(16-11)6-10(14)13(17)18/h2-5,7,10H,6,14H2,1H3,(H,15,16)(H,17,18). The zero-order chi connectivity index (χ0) is 13.1. The highest BCUT2D eigenvalue weighted by atomic mass is 16.4. The molecule has 1 aromatic carbocycles. The lowest BCUT2D eigenvalue weighted by Gasteiger charge is -2.03. The Morgan fingerprint density at radius 2 is 2.33 bits per heavy atom. The fourth-order valence-corrected chi connectivity index (χ4v) is 1.72. The van der Waals surface area contributed by atoms with Gasteiger partial charge >= 0.3 is 5.97 Å². The second kappa shape index (κ2) is 5.01. The van der Waals surface area contributed by atoms with E-state index in [2.05, 4.69) is 9.97 Å². The molecule has 2 rings (SSSR count). The molecule has 0 saturated heterocycles. The Morgan fingerprint density at radius 3 is 3.00 bits per heavy atom. The van der Waals surface area contributed by atoms with E-state index in [-0.39, 0.29) is 6.42 Å². The predicted molar refractivity (Wildman–Crippen MR) is 68.1 cm³/mol. The Kier molecular flexibility index (Phi) is 3.43. The third kappa shape index (κ3) is 2.75. The van der Waals surface area contributed by atoms with Gasteiger partial charge in [-0.05, 0) is 18.6 Å². The van der Waals surface area contributed by atoms with Gasteiger partial charge in [-0.1, -0.05) is 23.8 Å². The first-order chi connectivity index (χ1) is 8.56. The number of aromatic amines is 1. The van der Waals surface area contributed by atoms with E-state index in [9.17, 15) is 4.79 Å². The van der Waals surface area contributed by atoms with Crippen LogP contribution in [0.15, 0.2) is 30.5 Å². The Hall–Kier alpha value is -2.14. The Bertz CT molecular complexity index is 563. The minimum atomic E-state index is -1.02. The lowest BCUT2D eigenvalue weighted by Crippen LogP contribution is -2.32. The minimum absolute atomic E-state index is 0.196. The van der Waals surface area contributed by atoms with Crippen LogP contribution in [-0.4, -0.2) is 27.1 Å². The second-order valence-corrected chi connectivity index (χ2v) is 4.26. The van der Waals surface area contributed by atoms with Crippen LogP contribution in [0.3, 0.4) is 0 Å². The van der Waals surface area contributed by atoms with Gasteiger partial charge in [-0.15, -0.1) is 0 Å². The molecule has 0 aliphatic heterocycles. The molecule has 1 atom stereocenters. The number of nitrogens with two attached hydrogens (primary N) is 1.